The Balaban J connectivity index is 1.82. The van der Waals surface area contributed by atoms with Crippen LogP contribution in [0.25, 0.3) is 11.0 Å². The molecule has 0 amide bonds. The molecule has 3 heteroatoms. The maximum absolute atomic E-state index is 6.25. The average molecular weight is 325 g/mol. The Bertz CT molecular complexity index is 801. The van der Waals surface area contributed by atoms with Crippen molar-refractivity contribution in [2.75, 3.05) is 0 Å². The van der Waals surface area contributed by atoms with Crippen LogP contribution in [0.15, 0.2) is 48.5 Å². The van der Waals surface area contributed by atoms with E-state index in [0.717, 1.165) is 22.6 Å². The highest BCUT2D eigenvalue weighted by Gasteiger charge is 2.22. The van der Waals surface area contributed by atoms with Gasteiger partial charge in [-0.25, -0.2) is 4.98 Å². The summed E-state index contributed by atoms with van der Waals surface area (Å²) in [5, 5.41) is 0.780. The Kier molecular flexibility index (Phi) is 4.09. The molecule has 1 aliphatic carbocycles. The lowest BCUT2D eigenvalue weighted by molar-refractivity contribution is 0.420. The summed E-state index contributed by atoms with van der Waals surface area (Å²) in [4.78, 5) is 4.98. The molecule has 0 aliphatic heterocycles. The summed E-state index contributed by atoms with van der Waals surface area (Å²) in [6.07, 6.45) is 6.51. The molecular weight excluding hydrogens is 304 g/mol. The molecule has 1 aromatic heterocycles. The molecule has 0 bridgehead atoms. The van der Waals surface area contributed by atoms with Gasteiger partial charge in [0.15, 0.2) is 0 Å². The van der Waals surface area contributed by atoms with E-state index in [9.17, 15) is 0 Å². The van der Waals surface area contributed by atoms with Crippen molar-refractivity contribution in [3.63, 3.8) is 0 Å². The van der Waals surface area contributed by atoms with Crippen molar-refractivity contribution in [1.82, 2.24) is 9.55 Å². The Morgan fingerprint density at radius 3 is 2.57 bits per heavy atom. The van der Waals surface area contributed by atoms with Crippen LogP contribution in [-0.2, 0) is 6.54 Å². The first kappa shape index (κ1) is 14.8. The van der Waals surface area contributed by atoms with Gasteiger partial charge in [0, 0.05) is 17.5 Å². The molecule has 23 heavy (non-hydrogen) atoms. The lowest BCUT2D eigenvalue weighted by Gasteiger charge is -2.22. The van der Waals surface area contributed by atoms with Crippen LogP contribution in [0.2, 0.25) is 5.02 Å². The molecule has 0 radical (unpaired) electrons. The molecule has 1 fully saturated rings. The average Bonchev–Trinajstić information content (AvgIpc) is 2.95. The van der Waals surface area contributed by atoms with Gasteiger partial charge in [-0.1, -0.05) is 61.2 Å². The van der Waals surface area contributed by atoms with Gasteiger partial charge in [-0.2, -0.15) is 0 Å². The first-order valence-electron chi connectivity index (χ1n) is 8.51. The van der Waals surface area contributed by atoms with Crippen LogP contribution in [0.4, 0.5) is 0 Å². The number of fused-ring (bicyclic) bond motifs is 1. The van der Waals surface area contributed by atoms with Crippen LogP contribution in [0.1, 0.15) is 49.4 Å². The normalized spacial score (nSPS) is 16.0. The molecule has 0 atom stereocenters. The van der Waals surface area contributed by atoms with Gasteiger partial charge in [0.25, 0.3) is 0 Å². The monoisotopic (exact) mass is 324 g/mol. The number of hydrogen-bond donors (Lipinski definition) is 0. The number of nitrogens with zero attached hydrogens (tertiary/aromatic N) is 2. The first-order chi connectivity index (χ1) is 11.3. The highest BCUT2D eigenvalue weighted by atomic mass is 35.5. The number of rotatable bonds is 3. The summed E-state index contributed by atoms with van der Waals surface area (Å²) in [6.45, 7) is 0.865. The van der Waals surface area contributed by atoms with Gasteiger partial charge in [0.05, 0.1) is 11.0 Å². The summed E-state index contributed by atoms with van der Waals surface area (Å²) in [5.74, 6) is 1.82. The Morgan fingerprint density at radius 2 is 1.78 bits per heavy atom. The van der Waals surface area contributed by atoms with Crippen molar-refractivity contribution >= 4 is 22.6 Å². The maximum Gasteiger partial charge on any atom is 0.113 e. The second kappa shape index (κ2) is 6.37. The summed E-state index contributed by atoms with van der Waals surface area (Å²) in [7, 11) is 0. The van der Waals surface area contributed by atoms with Gasteiger partial charge in [-0.3, -0.25) is 0 Å². The minimum atomic E-state index is 0.582. The third-order valence-corrected chi connectivity index (χ3v) is 5.13. The number of aromatic nitrogens is 2. The SMILES string of the molecule is Clc1ccc2nc(C3CCCCC3)n(Cc3ccccc3)c2c1. The summed E-state index contributed by atoms with van der Waals surface area (Å²) < 4.78 is 2.38. The van der Waals surface area contributed by atoms with Crippen molar-refractivity contribution in [2.45, 2.75) is 44.6 Å². The summed E-state index contributed by atoms with van der Waals surface area (Å²) >= 11 is 6.25. The van der Waals surface area contributed by atoms with Crippen molar-refractivity contribution in [2.24, 2.45) is 0 Å². The van der Waals surface area contributed by atoms with Crippen LogP contribution < -0.4 is 0 Å². The fourth-order valence-electron chi connectivity index (χ4n) is 3.72. The standard InChI is InChI=1S/C20H21ClN2/c21-17-11-12-18-19(13-17)23(14-15-7-3-1-4-8-15)20(22-18)16-9-5-2-6-10-16/h1,3-4,7-8,11-13,16H,2,5-6,9-10,14H2. The van der Waals surface area contributed by atoms with E-state index in [1.165, 1.54) is 43.5 Å². The molecule has 4 rings (SSSR count). The molecule has 0 unspecified atom stereocenters. The van der Waals surface area contributed by atoms with Gasteiger partial charge >= 0.3 is 0 Å². The second-order valence-electron chi connectivity index (χ2n) is 6.51. The predicted molar refractivity (Wildman–Crippen MR) is 96.1 cm³/mol. The first-order valence-corrected chi connectivity index (χ1v) is 8.89. The van der Waals surface area contributed by atoms with E-state index in [4.69, 9.17) is 16.6 Å². The summed E-state index contributed by atoms with van der Waals surface area (Å²) in [5.41, 5.74) is 3.52. The molecule has 3 aromatic rings. The van der Waals surface area contributed by atoms with Crippen LogP contribution in [0.5, 0.6) is 0 Å². The van der Waals surface area contributed by atoms with Gasteiger partial charge in [0.1, 0.15) is 5.82 Å². The third kappa shape index (κ3) is 3.00. The second-order valence-corrected chi connectivity index (χ2v) is 6.95. The van der Waals surface area contributed by atoms with E-state index < -0.39 is 0 Å². The molecule has 0 spiro atoms. The zero-order valence-corrected chi connectivity index (χ0v) is 14.0. The minimum absolute atomic E-state index is 0.582. The molecule has 0 N–H and O–H groups in total. The molecule has 1 heterocycles. The zero-order valence-electron chi connectivity index (χ0n) is 13.2. The number of imidazole rings is 1. The smallest absolute Gasteiger partial charge is 0.113 e. The van der Waals surface area contributed by atoms with Gasteiger partial charge in [-0.15, -0.1) is 0 Å². The van der Waals surface area contributed by atoms with Crippen LogP contribution in [0, 0.1) is 0 Å². The van der Waals surface area contributed by atoms with E-state index >= 15 is 0 Å². The van der Waals surface area contributed by atoms with Crippen LogP contribution in [-0.4, -0.2) is 9.55 Å². The highest BCUT2D eigenvalue weighted by molar-refractivity contribution is 6.31. The van der Waals surface area contributed by atoms with Gasteiger partial charge < -0.3 is 4.57 Å². The number of hydrogen-bond acceptors (Lipinski definition) is 1. The van der Waals surface area contributed by atoms with E-state index in [0.29, 0.717) is 5.92 Å². The maximum atomic E-state index is 6.25. The highest BCUT2D eigenvalue weighted by Crippen LogP contribution is 2.34. The molecule has 2 nitrogen and oxygen atoms in total. The fourth-order valence-corrected chi connectivity index (χ4v) is 3.89. The van der Waals surface area contributed by atoms with Crippen LogP contribution >= 0.6 is 11.6 Å². The zero-order chi connectivity index (χ0) is 15.6. The van der Waals surface area contributed by atoms with E-state index in [-0.39, 0.29) is 0 Å². The Hall–Kier alpha value is -1.80. The van der Waals surface area contributed by atoms with Crippen LogP contribution in [0.3, 0.4) is 0 Å². The molecule has 1 aliphatic rings. The van der Waals surface area contributed by atoms with E-state index in [1.54, 1.807) is 0 Å². The lowest BCUT2D eigenvalue weighted by atomic mass is 9.88. The van der Waals surface area contributed by atoms with Crippen molar-refractivity contribution in [3.8, 4) is 0 Å². The van der Waals surface area contributed by atoms with Gasteiger partial charge in [0.2, 0.25) is 0 Å². The van der Waals surface area contributed by atoms with E-state index in [2.05, 4.69) is 41.0 Å². The molecule has 1 saturated carbocycles. The van der Waals surface area contributed by atoms with Crippen molar-refractivity contribution in [3.05, 3.63) is 64.9 Å². The Morgan fingerprint density at radius 1 is 1.00 bits per heavy atom. The molecule has 118 valence electrons. The topological polar surface area (TPSA) is 17.8 Å². The number of halogens is 1. The van der Waals surface area contributed by atoms with Crippen molar-refractivity contribution in [1.29, 1.82) is 0 Å². The van der Waals surface area contributed by atoms with Crippen molar-refractivity contribution < 1.29 is 0 Å². The fraction of sp³-hybridized carbons (Fsp3) is 0.350. The summed E-state index contributed by atoms with van der Waals surface area (Å²) in [6, 6.07) is 16.7. The largest absolute Gasteiger partial charge is 0.323 e. The molecule has 2 aromatic carbocycles. The Labute approximate surface area is 142 Å². The molecular formula is C20H21ClN2. The number of benzene rings is 2. The molecule has 0 saturated heterocycles. The predicted octanol–water partition coefficient (Wildman–Crippen LogP) is 5.79. The van der Waals surface area contributed by atoms with Gasteiger partial charge in [-0.05, 0) is 36.6 Å². The third-order valence-electron chi connectivity index (χ3n) is 4.89. The quantitative estimate of drug-likeness (QED) is 0.596. The minimum Gasteiger partial charge on any atom is -0.323 e. The van der Waals surface area contributed by atoms with E-state index in [1.807, 2.05) is 12.1 Å². The lowest BCUT2D eigenvalue weighted by Crippen LogP contribution is -2.13.